The van der Waals surface area contributed by atoms with Crippen LogP contribution in [0.3, 0.4) is 0 Å². The highest BCUT2D eigenvalue weighted by Crippen LogP contribution is 2.19. The van der Waals surface area contributed by atoms with E-state index >= 15 is 0 Å². The van der Waals surface area contributed by atoms with Crippen LogP contribution in [-0.4, -0.2) is 41.9 Å². The molecule has 5 heteroatoms. The summed E-state index contributed by atoms with van der Waals surface area (Å²) in [6.07, 6.45) is 1.86. The second kappa shape index (κ2) is 8.83. The number of nitrogens with zero attached hydrogens (tertiary/aromatic N) is 3. The van der Waals surface area contributed by atoms with Crippen molar-refractivity contribution in [1.82, 2.24) is 14.7 Å². The summed E-state index contributed by atoms with van der Waals surface area (Å²) in [7, 11) is 4.15. The van der Waals surface area contributed by atoms with Crippen LogP contribution >= 0.6 is 11.3 Å². The quantitative estimate of drug-likeness (QED) is 0.545. The smallest absolute Gasteiger partial charge is 0.233 e. The average molecular weight is 356 g/mol. The Morgan fingerprint density at radius 1 is 1.12 bits per heavy atom. The number of rotatable bonds is 9. The fraction of sp³-hybridized carbons (Fsp3) is 0.350. The van der Waals surface area contributed by atoms with Crippen molar-refractivity contribution < 1.29 is 4.74 Å². The van der Waals surface area contributed by atoms with E-state index in [4.69, 9.17) is 4.74 Å². The van der Waals surface area contributed by atoms with E-state index in [1.165, 1.54) is 16.1 Å². The summed E-state index contributed by atoms with van der Waals surface area (Å²) < 4.78 is 7.95. The lowest BCUT2D eigenvalue weighted by atomic mass is 10.1. The van der Waals surface area contributed by atoms with Crippen molar-refractivity contribution in [3.63, 3.8) is 0 Å². The molecule has 0 spiro atoms. The molecule has 1 aromatic carbocycles. The van der Waals surface area contributed by atoms with E-state index in [1.54, 1.807) is 11.3 Å². The number of hydrogen-bond acceptors (Lipinski definition) is 4. The highest BCUT2D eigenvalue weighted by atomic mass is 32.1. The maximum atomic E-state index is 5.88. The predicted octanol–water partition coefficient (Wildman–Crippen LogP) is 3.91. The molecule has 0 aliphatic carbocycles. The van der Waals surface area contributed by atoms with Crippen molar-refractivity contribution >= 4 is 11.3 Å². The molecule has 3 rings (SSSR count). The zero-order valence-corrected chi connectivity index (χ0v) is 15.7. The summed E-state index contributed by atoms with van der Waals surface area (Å²) in [6, 6.07) is 16.8. The Morgan fingerprint density at radius 3 is 2.68 bits per heavy atom. The van der Waals surface area contributed by atoms with Gasteiger partial charge in [0, 0.05) is 29.6 Å². The highest BCUT2D eigenvalue weighted by Gasteiger charge is 2.11. The minimum atomic E-state index is 0.693. The monoisotopic (exact) mass is 355 g/mol. The SMILES string of the molecule is CN(C)CCCOc1cc(Cc2ccccc2)n(Cc2cccs2)n1. The molecule has 132 valence electrons. The summed E-state index contributed by atoms with van der Waals surface area (Å²) in [4.78, 5) is 3.47. The predicted molar refractivity (Wildman–Crippen MR) is 104 cm³/mol. The number of thiophene rings is 1. The third kappa shape index (κ3) is 5.44. The fourth-order valence-corrected chi connectivity index (χ4v) is 3.38. The van der Waals surface area contributed by atoms with Crippen LogP contribution in [-0.2, 0) is 13.0 Å². The molecular weight excluding hydrogens is 330 g/mol. The molecule has 2 aromatic heterocycles. The second-order valence-corrected chi connectivity index (χ2v) is 7.41. The van der Waals surface area contributed by atoms with Crippen LogP contribution in [0.4, 0.5) is 0 Å². The summed E-state index contributed by atoms with van der Waals surface area (Å²) >= 11 is 1.76. The maximum absolute atomic E-state index is 5.88. The van der Waals surface area contributed by atoms with Gasteiger partial charge >= 0.3 is 0 Å². The number of hydrogen-bond donors (Lipinski definition) is 0. The van der Waals surface area contributed by atoms with Crippen molar-refractivity contribution in [2.24, 2.45) is 0 Å². The molecule has 0 atom stereocenters. The van der Waals surface area contributed by atoms with Crippen LogP contribution in [0, 0.1) is 0 Å². The molecule has 3 aromatic rings. The summed E-state index contributed by atoms with van der Waals surface area (Å²) in [5.74, 6) is 0.723. The largest absolute Gasteiger partial charge is 0.477 e. The third-order valence-corrected chi connectivity index (χ3v) is 4.82. The lowest BCUT2D eigenvalue weighted by Gasteiger charge is -2.08. The van der Waals surface area contributed by atoms with Gasteiger partial charge < -0.3 is 9.64 Å². The molecule has 0 aliphatic rings. The minimum absolute atomic E-state index is 0.693. The Balaban J connectivity index is 1.71. The molecule has 0 amide bonds. The molecule has 25 heavy (non-hydrogen) atoms. The van der Waals surface area contributed by atoms with Crippen molar-refractivity contribution in [3.05, 3.63) is 70.0 Å². The Kier molecular flexibility index (Phi) is 6.25. The van der Waals surface area contributed by atoms with Crippen molar-refractivity contribution in [3.8, 4) is 5.88 Å². The van der Waals surface area contributed by atoms with Crippen LogP contribution in [0.2, 0.25) is 0 Å². The lowest BCUT2D eigenvalue weighted by Crippen LogP contribution is -2.15. The zero-order valence-electron chi connectivity index (χ0n) is 14.9. The molecule has 0 bridgehead atoms. The molecule has 0 unspecified atom stereocenters. The Hall–Kier alpha value is -2.11. The summed E-state index contributed by atoms with van der Waals surface area (Å²) in [5.41, 5.74) is 2.47. The van der Waals surface area contributed by atoms with E-state index in [0.717, 1.165) is 31.8 Å². The van der Waals surface area contributed by atoms with Gasteiger partial charge in [-0.3, -0.25) is 4.68 Å². The van der Waals surface area contributed by atoms with Crippen LogP contribution in [0.5, 0.6) is 5.88 Å². The van der Waals surface area contributed by atoms with E-state index in [-0.39, 0.29) is 0 Å². The van der Waals surface area contributed by atoms with Gasteiger partial charge in [-0.05, 0) is 37.5 Å². The first-order chi connectivity index (χ1) is 12.2. The maximum Gasteiger partial charge on any atom is 0.233 e. The van der Waals surface area contributed by atoms with Crippen LogP contribution in [0.1, 0.15) is 22.6 Å². The zero-order chi connectivity index (χ0) is 17.5. The lowest BCUT2D eigenvalue weighted by molar-refractivity contribution is 0.271. The van der Waals surface area contributed by atoms with Crippen LogP contribution in [0.25, 0.3) is 0 Å². The third-order valence-electron chi connectivity index (χ3n) is 3.95. The minimum Gasteiger partial charge on any atom is -0.477 e. The van der Waals surface area contributed by atoms with Crippen molar-refractivity contribution in [2.45, 2.75) is 19.4 Å². The van der Waals surface area contributed by atoms with Gasteiger partial charge in [0.05, 0.1) is 13.2 Å². The van der Waals surface area contributed by atoms with Gasteiger partial charge in [0.25, 0.3) is 0 Å². The second-order valence-electron chi connectivity index (χ2n) is 6.38. The molecule has 0 fully saturated rings. The Labute approximate surface area is 153 Å². The van der Waals surface area contributed by atoms with E-state index in [1.807, 2.05) is 6.07 Å². The molecule has 0 saturated carbocycles. The number of benzene rings is 1. The van der Waals surface area contributed by atoms with Gasteiger partial charge in [0.1, 0.15) is 0 Å². The van der Waals surface area contributed by atoms with E-state index in [2.05, 4.69) is 76.6 Å². The van der Waals surface area contributed by atoms with E-state index in [9.17, 15) is 0 Å². The molecule has 0 aliphatic heterocycles. The average Bonchev–Trinajstić information content (AvgIpc) is 3.23. The Morgan fingerprint density at radius 2 is 1.96 bits per heavy atom. The van der Waals surface area contributed by atoms with Gasteiger partial charge in [0.15, 0.2) is 0 Å². The highest BCUT2D eigenvalue weighted by molar-refractivity contribution is 7.09. The van der Waals surface area contributed by atoms with Gasteiger partial charge in [0.2, 0.25) is 5.88 Å². The van der Waals surface area contributed by atoms with Crippen molar-refractivity contribution in [1.29, 1.82) is 0 Å². The number of aromatic nitrogens is 2. The molecule has 0 radical (unpaired) electrons. The number of ether oxygens (including phenoxy) is 1. The molecule has 4 nitrogen and oxygen atoms in total. The summed E-state index contributed by atoms with van der Waals surface area (Å²) in [5, 5.41) is 6.79. The van der Waals surface area contributed by atoms with Crippen molar-refractivity contribution in [2.75, 3.05) is 27.2 Å². The molecule has 2 heterocycles. The summed E-state index contributed by atoms with van der Waals surface area (Å²) in [6.45, 7) is 2.51. The standard InChI is InChI=1S/C20H25N3OS/c1-22(2)11-7-12-24-20-15-18(14-17-8-4-3-5-9-17)23(21-20)16-19-10-6-13-25-19/h3-6,8-10,13,15H,7,11-12,14,16H2,1-2H3. The van der Waals surface area contributed by atoms with Gasteiger partial charge in [-0.15, -0.1) is 16.4 Å². The topological polar surface area (TPSA) is 30.3 Å². The van der Waals surface area contributed by atoms with E-state index < -0.39 is 0 Å². The van der Waals surface area contributed by atoms with Gasteiger partial charge in [-0.25, -0.2) is 0 Å². The Bertz CT molecular complexity index is 751. The first-order valence-corrected chi connectivity index (χ1v) is 9.49. The van der Waals surface area contributed by atoms with Crippen LogP contribution < -0.4 is 4.74 Å². The van der Waals surface area contributed by atoms with Gasteiger partial charge in [-0.2, -0.15) is 0 Å². The fourth-order valence-electron chi connectivity index (χ4n) is 2.69. The molecular formula is C20H25N3OS. The molecule has 0 N–H and O–H groups in total. The van der Waals surface area contributed by atoms with E-state index in [0.29, 0.717) is 6.61 Å². The molecule has 0 saturated heterocycles. The normalized spacial score (nSPS) is 11.2. The first-order valence-electron chi connectivity index (χ1n) is 8.61. The van der Waals surface area contributed by atoms with Crippen LogP contribution in [0.15, 0.2) is 53.9 Å². The first kappa shape index (κ1) is 17.7. The van der Waals surface area contributed by atoms with Gasteiger partial charge in [-0.1, -0.05) is 36.4 Å².